The highest BCUT2D eigenvalue weighted by molar-refractivity contribution is 4.97. The monoisotopic (exact) mass is 224 g/mol. The van der Waals surface area contributed by atoms with Crippen LogP contribution >= 0.6 is 0 Å². The average Bonchev–Trinajstić information content (AvgIpc) is 2.80. The first-order valence-corrected chi connectivity index (χ1v) is 6.32. The number of nitrogens with one attached hydrogen (secondary N) is 1. The summed E-state index contributed by atoms with van der Waals surface area (Å²) in [7, 11) is 0. The summed E-state index contributed by atoms with van der Waals surface area (Å²) in [4.78, 5) is 2.39. The minimum atomic E-state index is 0.916. The van der Waals surface area contributed by atoms with Crippen molar-refractivity contribution in [3.63, 3.8) is 0 Å². The van der Waals surface area contributed by atoms with Gasteiger partial charge in [0.05, 0.1) is 12.8 Å². The van der Waals surface area contributed by atoms with E-state index >= 15 is 0 Å². The van der Waals surface area contributed by atoms with Crippen LogP contribution in [0, 0.1) is 0 Å². The molecule has 0 aromatic carbocycles. The molecule has 0 fully saturated rings. The van der Waals surface area contributed by atoms with Crippen molar-refractivity contribution in [1.29, 1.82) is 0 Å². The van der Waals surface area contributed by atoms with Gasteiger partial charge in [-0.1, -0.05) is 20.3 Å². The molecule has 0 radical (unpaired) electrons. The first-order valence-electron chi connectivity index (χ1n) is 6.32. The van der Waals surface area contributed by atoms with E-state index in [0.717, 1.165) is 38.5 Å². The zero-order valence-electron chi connectivity index (χ0n) is 10.5. The van der Waals surface area contributed by atoms with Gasteiger partial charge in [0.25, 0.3) is 0 Å². The van der Waals surface area contributed by atoms with Gasteiger partial charge in [-0.25, -0.2) is 0 Å². The van der Waals surface area contributed by atoms with Crippen LogP contribution in [0.25, 0.3) is 0 Å². The molecule has 0 saturated carbocycles. The second kappa shape index (κ2) is 8.36. The molecule has 0 aliphatic carbocycles. The Kier molecular flexibility index (Phi) is 6.93. The van der Waals surface area contributed by atoms with Gasteiger partial charge >= 0.3 is 0 Å². The Morgan fingerprint density at radius 2 is 2.19 bits per heavy atom. The van der Waals surface area contributed by atoms with Gasteiger partial charge in [-0.3, -0.25) is 4.90 Å². The molecule has 1 heterocycles. The molecule has 0 atom stereocenters. The summed E-state index contributed by atoms with van der Waals surface area (Å²) in [5.41, 5.74) is 0. The van der Waals surface area contributed by atoms with E-state index in [-0.39, 0.29) is 0 Å². The Balaban J connectivity index is 2.12. The number of nitrogens with zero attached hydrogens (tertiary/aromatic N) is 1. The third kappa shape index (κ3) is 5.33. The van der Waals surface area contributed by atoms with E-state index in [1.807, 2.05) is 12.1 Å². The second-order valence-electron chi connectivity index (χ2n) is 4.05. The van der Waals surface area contributed by atoms with Crippen LogP contribution in [0.15, 0.2) is 22.8 Å². The largest absolute Gasteiger partial charge is 0.468 e. The fourth-order valence-corrected chi connectivity index (χ4v) is 1.64. The molecule has 0 amide bonds. The fraction of sp³-hybridized carbons (Fsp3) is 0.692. The number of hydrogen-bond acceptors (Lipinski definition) is 3. The van der Waals surface area contributed by atoms with Gasteiger partial charge in [0, 0.05) is 13.1 Å². The van der Waals surface area contributed by atoms with E-state index in [1.54, 1.807) is 6.26 Å². The smallest absolute Gasteiger partial charge is 0.117 e. The van der Waals surface area contributed by atoms with Crippen LogP contribution in [-0.4, -0.2) is 31.1 Å². The number of furan rings is 1. The molecule has 1 aromatic heterocycles. The Bertz CT molecular complexity index is 246. The Morgan fingerprint density at radius 1 is 1.31 bits per heavy atom. The third-order valence-corrected chi connectivity index (χ3v) is 2.72. The van der Waals surface area contributed by atoms with Crippen molar-refractivity contribution in [1.82, 2.24) is 10.2 Å². The van der Waals surface area contributed by atoms with Crippen molar-refractivity contribution in [2.24, 2.45) is 0 Å². The lowest BCUT2D eigenvalue weighted by molar-refractivity contribution is 0.255. The van der Waals surface area contributed by atoms with Crippen molar-refractivity contribution >= 4 is 0 Å². The maximum atomic E-state index is 5.35. The lowest BCUT2D eigenvalue weighted by atomic mass is 10.3. The molecule has 0 aliphatic rings. The van der Waals surface area contributed by atoms with E-state index in [4.69, 9.17) is 4.42 Å². The standard InChI is InChI=1S/C13H24N2O/c1-3-5-8-14-9-10-15(4-2)12-13-7-6-11-16-13/h6-7,11,14H,3-5,8-10,12H2,1-2H3. The zero-order chi connectivity index (χ0) is 11.6. The predicted molar refractivity (Wildman–Crippen MR) is 67.4 cm³/mol. The normalized spacial score (nSPS) is 11.2. The minimum Gasteiger partial charge on any atom is -0.468 e. The molecule has 92 valence electrons. The molecule has 1 N–H and O–H groups in total. The SMILES string of the molecule is CCCCNCCN(CC)Cc1ccco1. The first kappa shape index (κ1) is 13.3. The van der Waals surface area contributed by atoms with Gasteiger partial charge in [-0.15, -0.1) is 0 Å². The summed E-state index contributed by atoms with van der Waals surface area (Å²) in [5.74, 6) is 1.05. The molecule has 0 saturated heterocycles. The molecule has 1 rings (SSSR count). The Hall–Kier alpha value is -0.800. The Morgan fingerprint density at radius 3 is 2.81 bits per heavy atom. The van der Waals surface area contributed by atoms with E-state index in [9.17, 15) is 0 Å². The molecule has 0 aliphatic heterocycles. The highest BCUT2D eigenvalue weighted by atomic mass is 16.3. The molecule has 3 nitrogen and oxygen atoms in total. The van der Waals surface area contributed by atoms with Crippen molar-refractivity contribution < 1.29 is 4.42 Å². The van der Waals surface area contributed by atoms with Gasteiger partial charge < -0.3 is 9.73 Å². The van der Waals surface area contributed by atoms with Gasteiger partial charge in [0.1, 0.15) is 5.76 Å². The van der Waals surface area contributed by atoms with Gasteiger partial charge in [-0.05, 0) is 31.6 Å². The molecule has 0 unspecified atom stereocenters. The van der Waals surface area contributed by atoms with Gasteiger partial charge in [-0.2, -0.15) is 0 Å². The summed E-state index contributed by atoms with van der Waals surface area (Å²) < 4.78 is 5.35. The topological polar surface area (TPSA) is 28.4 Å². The van der Waals surface area contributed by atoms with E-state index < -0.39 is 0 Å². The highest BCUT2D eigenvalue weighted by Crippen LogP contribution is 2.04. The van der Waals surface area contributed by atoms with Crippen molar-refractivity contribution in [3.8, 4) is 0 Å². The van der Waals surface area contributed by atoms with E-state index in [1.165, 1.54) is 12.8 Å². The van der Waals surface area contributed by atoms with Crippen LogP contribution < -0.4 is 5.32 Å². The Labute approximate surface area is 98.8 Å². The van der Waals surface area contributed by atoms with Crippen LogP contribution in [0.4, 0.5) is 0 Å². The van der Waals surface area contributed by atoms with E-state index in [2.05, 4.69) is 24.1 Å². The summed E-state index contributed by atoms with van der Waals surface area (Å²) in [6, 6.07) is 3.98. The summed E-state index contributed by atoms with van der Waals surface area (Å²) in [6.45, 7) is 9.67. The first-order chi connectivity index (χ1) is 7.86. The molecule has 3 heteroatoms. The quantitative estimate of drug-likeness (QED) is 0.653. The fourth-order valence-electron chi connectivity index (χ4n) is 1.64. The van der Waals surface area contributed by atoms with Crippen molar-refractivity contribution in [3.05, 3.63) is 24.2 Å². The van der Waals surface area contributed by atoms with Crippen LogP contribution in [0.1, 0.15) is 32.4 Å². The number of hydrogen-bond donors (Lipinski definition) is 1. The van der Waals surface area contributed by atoms with Crippen LogP contribution in [0.3, 0.4) is 0 Å². The van der Waals surface area contributed by atoms with Crippen LogP contribution in [0.2, 0.25) is 0 Å². The maximum absolute atomic E-state index is 5.35. The molecule has 0 bridgehead atoms. The van der Waals surface area contributed by atoms with Gasteiger partial charge in [0.2, 0.25) is 0 Å². The predicted octanol–water partition coefficient (Wildman–Crippen LogP) is 2.49. The third-order valence-electron chi connectivity index (χ3n) is 2.72. The molecule has 0 spiro atoms. The van der Waals surface area contributed by atoms with Crippen molar-refractivity contribution in [2.45, 2.75) is 33.2 Å². The average molecular weight is 224 g/mol. The molecular weight excluding hydrogens is 200 g/mol. The summed E-state index contributed by atoms with van der Waals surface area (Å²) >= 11 is 0. The molecular formula is C13H24N2O. The lowest BCUT2D eigenvalue weighted by Gasteiger charge is -2.19. The molecule has 16 heavy (non-hydrogen) atoms. The van der Waals surface area contributed by atoms with Crippen LogP contribution in [-0.2, 0) is 6.54 Å². The molecule has 1 aromatic rings. The summed E-state index contributed by atoms with van der Waals surface area (Å²) in [5, 5.41) is 3.46. The maximum Gasteiger partial charge on any atom is 0.117 e. The highest BCUT2D eigenvalue weighted by Gasteiger charge is 2.04. The van der Waals surface area contributed by atoms with Crippen molar-refractivity contribution in [2.75, 3.05) is 26.2 Å². The minimum absolute atomic E-state index is 0.916. The van der Waals surface area contributed by atoms with Crippen LogP contribution in [0.5, 0.6) is 0 Å². The number of likely N-dealkylation sites (N-methyl/N-ethyl adjacent to an activating group) is 1. The van der Waals surface area contributed by atoms with Gasteiger partial charge in [0.15, 0.2) is 0 Å². The van der Waals surface area contributed by atoms with E-state index in [0.29, 0.717) is 0 Å². The lowest BCUT2D eigenvalue weighted by Crippen LogP contribution is -2.32. The number of rotatable bonds is 9. The summed E-state index contributed by atoms with van der Waals surface area (Å²) in [6.07, 6.45) is 4.27. The second-order valence-corrected chi connectivity index (χ2v) is 4.05. The zero-order valence-corrected chi connectivity index (χ0v) is 10.5. The number of unbranched alkanes of at least 4 members (excludes halogenated alkanes) is 1.